The van der Waals surface area contributed by atoms with Gasteiger partial charge >= 0.3 is 0 Å². The van der Waals surface area contributed by atoms with Crippen LogP contribution in [0.5, 0.6) is 0 Å². The lowest BCUT2D eigenvalue weighted by atomic mass is 9.96. The zero-order valence-electron chi connectivity index (χ0n) is 14.8. The van der Waals surface area contributed by atoms with Gasteiger partial charge in [0, 0.05) is 42.9 Å². The molecule has 0 saturated carbocycles. The molecule has 27 heavy (non-hydrogen) atoms. The molecule has 0 unspecified atom stereocenters. The van der Waals surface area contributed by atoms with E-state index in [0.29, 0.717) is 18.9 Å². The second-order valence-corrected chi connectivity index (χ2v) is 9.06. The lowest BCUT2D eigenvalue weighted by Crippen LogP contribution is -2.37. The van der Waals surface area contributed by atoms with Crippen LogP contribution in [0.3, 0.4) is 0 Å². The average Bonchev–Trinajstić information content (AvgIpc) is 2.68. The van der Waals surface area contributed by atoms with E-state index in [2.05, 4.69) is 10.3 Å². The number of hydrogen-bond acceptors (Lipinski definition) is 5. The Bertz CT molecular complexity index is 917. The maximum Gasteiger partial charge on any atom is 0.244 e. The minimum absolute atomic E-state index is 0. The van der Waals surface area contributed by atoms with Crippen molar-refractivity contribution in [3.05, 3.63) is 52.6 Å². The number of benzene rings is 1. The van der Waals surface area contributed by atoms with Gasteiger partial charge in [0.2, 0.25) is 10.0 Å². The van der Waals surface area contributed by atoms with Crippen molar-refractivity contribution in [2.45, 2.75) is 36.6 Å². The SMILES string of the molecule is Cl.O=S(=O)(c1ccccc1Cl)N1CCc2nc(C3CCNCC3)ncc2C1. The van der Waals surface area contributed by atoms with E-state index in [4.69, 9.17) is 16.6 Å². The highest BCUT2D eigenvalue weighted by Gasteiger charge is 2.31. The highest BCUT2D eigenvalue weighted by Crippen LogP contribution is 2.29. The van der Waals surface area contributed by atoms with Gasteiger partial charge in [-0.1, -0.05) is 23.7 Å². The molecule has 9 heteroatoms. The summed E-state index contributed by atoms with van der Waals surface area (Å²) in [5, 5.41) is 3.60. The fourth-order valence-electron chi connectivity index (χ4n) is 3.58. The van der Waals surface area contributed by atoms with Gasteiger partial charge in [-0.2, -0.15) is 4.31 Å². The lowest BCUT2D eigenvalue weighted by molar-refractivity contribution is 0.383. The van der Waals surface area contributed by atoms with E-state index in [1.54, 1.807) is 30.5 Å². The molecule has 1 saturated heterocycles. The maximum absolute atomic E-state index is 12.9. The van der Waals surface area contributed by atoms with Crippen molar-refractivity contribution >= 4 is 34.0 Å². The first-order valence-electron chi connectivity index (χ1n) is 8.86. The van der Waals surface area contributed by atoms with Crippen molar-refractivity contribution in [1.29, 1.82) is 0 Å². The zero-order valence-corrected chi connectivity index (χ0v) is 17.2. The predicted molar refractivity (Wildman–Crippen MR) is 107 cm³/mol. The Hall–Kier alpha value is -1.25. The van der Waals surface area contributed by atoms with Crippen LogP contribution in [0.4, 0.5) is 0 Å². The third-order valence-electron chi connectivity index (χ3n) is 5.08. The smallest absolute Gasteiger partial charge is 0.244 e. The van der Waals surface area contributed by atoms with Crippen LogP contribution in [0, 0.1) is 0 Å². The van der Waals surface area contributed by atoms with Gasteiger partial charge in [-0.25, -0.2) is 18.4 Å². The molecule has 1 aromatic carbocycles. The first kappa shape index (κ1) is 20.5. The van der Waals surface area contributed by atoms with Crippen molar-refractivity contribution in [2.75, 3.05) is 19.6 Å². The fourth-order valence-corrected chi connectivity index (χ4v) is 5.49. The zero-order chi connectivity index (χ0) is 18.1. The molecule has 0 atom stereocenters. The number of aromatic nitrogens is 2. The first-order valence-corrected chi connectivity index (χ1v) is 10.7. The van der Waals surface area contributed by atoms with Crippen molar-refractivity contribution in [3.63, 3.8) is 0 Å². The van der Waals surface area contributed by atoms with E-state index in [1.807, 2.05) is 0 Å². The lowest BCUT2D eigenvalue weighted by Gasteiger charge is -2.28. The van der Waals surface area contributed by atoms with E-state index in [-0.39, 0.29) is 28.9 Å². The minimum Gasteiger partial charge on any atom is -0.317 e. The summed E-state index contributed by atoms with van der Waals surface area (Å²) in [6.07, 6.45) is 4.49. The van der Waals surface area contributed by atoms with Gasteiger partial charge in [0.25, 0.3) is 0 Å². The molecule has 0 aliphatic carbocycles. The summed E-state index contributed by atoms with van der Waals surface area (Å²) in [5.74, 6) is 1.29. The van der Waals surface area contributed by atoms with Crippen molar-refractivity contribution < 1.29 is 8.42 Å². The Balaban J connectivity index is 0.00000210. The van der Waals surface area contributed by atoms with Gasteiger partial charge in [0.05, 0.1) is 5.02 Å². The van der Waals surface area contributed by atoms with Crippen LogP contribution in [0.2, 0.25) is 5.02 Å². The number of fused-ring (bicyclic) bond motifs is 1. The fraction of sp³-hybridized carbons (Fsp3) is 0.444. The van der Waals surface area contributed by atoms with Crippen LogP contribution in [-0.4, -0.2) is 42.3 Å². The van der Waals surface area contributed by atoms with Crippen molar-refractivity contribution in [2.24, 2.45) is 0 Å². The third-order valence-corrected chi connectivity index (χ3v) is 7.42. The molecule has 1 N–H and O–H groups in total. The number of sulfonamides is 1. The molecule has 0 spiro atoms. The summed E-state index contributed by atoms with van der Waals surface area (Å²) in [7, 11) is -3.63. The number of piperidine rings is 1. The van der Waals surface area contributed by atoms with E-state index >= 15 is 0 Å². The molecule has 4 rings (SSSR count). The number of nitrogens with zero attached hydrogens (tertiary/aromatic N) is 3. The molecular formula is C18H22Cl2N4O2S. The average molecular weight is 429 g/mol. The molecule has 0 radical (unpaired) electrons. The Morgan fingerprint density at radius 1 is 1.19 bits per heavy atom. The van der Waals surface area contributed by atoms with Crippen LogP contribution < -0.4 is 5.32 Å². The van der Waals surface area contributed by atoms with Gasteiger partial charge in [0.15, 0.2) is 0 Å². The van der Waals surface area contributed by atoms with Crippen LogP contribution in [-0.2, 0) is 23.0 Å². The summed E-state index contributed by atoms with van der Waals surface area (Å²) in [6, 6.07) is 6.55. The predicted octanol–water partition coefficient (Wildman–Crippen LogP) is 2.77. The van der Waals surface area contributed by atoms with Crippen LogP contribution in [0.1, 0.15) is 35.8 Å². The molecule has 2 aliphatic heterocycles. The molecule has 0 bridgehead atoms. The molecule has 2 aliphatic rings. The Morgan fingerprint density at radius 2 is 1.93 bits per heavy atom. The quantitative estimate of drug-likeness (QED) is 0.812. The van der Waals surface area contributed by atoms with Gasteiger partial charge in [0.1, 0.15) is 10.7 Å². The van der Waals surface area contributed by atoms with E-state index < -0.39 is 10.0 Å². The van der Waals surface area contributed by atoms with E-state index in [0.717, 1.165) is 43.0 Å². The topological polar surface area (TPSA) is 75.2 Å². The van der Waals surface area contributed by atoms with E-state index in [9.17, 15) is 8.42 Å². The van der Waals surface area contributed by atoms with Gasteiger partial charge in [-0.15, -0.1) is 12.4 Å². The molecule has 0 amide bonds. The molecule has 1 aromatic heterocycles. The second-order valence-electron chi connectivity index (χ2n) is 6.74. The molecule has 146 valence electrons. The highest BCUT2D eigenvalue weighted by atomic mass is 35.5. The standard InChI is InChI=1S/C18H21ClN4O2S.ClH/c19-15-3-1-2-4-17(15)26(24,25)23-10-7-16-14(12-23)11-21-18(22-16)13-5-8-20-9-6-13;/h1-4,11,13,20H,5-10,12H2;1H. The summed E-state index contributed by atoms with van der Waals surface area (Å²) < 4.78 is 27.3. The Labute approximate surface area is 170 Å². The second kappa shape index (κ2) is 8.41. The number of hydrogen-bond donors (Lipinski definition) is 1. The van der Waals surface area contributed by atoms with Crippen LogP contribution >= 0.6 is 24.0 Å². The van der Waals surface area contributed by atoms with Crippen LogP contribution in [0.15, 0.2) is 35.4 Å². The number of halogens is 2. The number of rotatable bonds is 3. The summed E-state index contributed by atoms with van der Waals surface area (Å²) >= 11 is 6.10. The van der Waals surface area contributed by atoms with Gasteiger partial charge in [-0.05, 0) is 38.1 Å². The van der Waals surface area contributed by atoms with Crippen molar-refractivity contribution in [3.8, 4) is 0 Å². The van der Waals surface area contributed by atoms with Gasteiger partial charge < -0.3 is 5.32 Å². The summed E-state index contributed by atoms with van der Waals surface area (Å²) in [6.45, 7) is 2.68. The first-order chi connectivity index (χ1) is 12.6. The molecule has 6 nitrogen and oxygen atoms in total. The minimum atomic E-state index is -3.63. The molecule has 1 fully saturated rings. The Kier molecular flexibility index (Phi) is 6.38. The van der Waals surface area contributed by atoms with E-state index in [1.165, 1.54) is 4.31 Å². The maximum atomic E-state index is 12.9. The summed E-state index contributed by atoms with van der Waals surface area (Å²) in [5.41, 5.74) is 1.85. The molecule has 2 aromatic rings. The normalized spacial score (nSPS) is 18.6. The third kappa shape index (κ3) is 4.12. The number of nitrogens with one attached hydrogen (secondary N) is 1. The summed E-state index contributed by atoms with van der Waals surface area (Å²) in [4.78, 5) is 9.44. The highest BCUT2D eigenvalue weighted by molar-refractivity contribution is 7.89. The molecule has 3 heterocycles. The monoisotopic (exact) mass is 428 g/mol. The largest absolute Gasteiger partial charge is 0.317 e. The van der Waals surface area contributed by atoms with Crippen LogP contribution in [0.25, 0.3) is 0 Å². The molecular weight excluding hydrogens is 407 g/mol. The van der Waals surface area contributed by atoms with Gasteiger partial charge in [-0.3, -0.25) is 0 Å². The van der Waals surface area contributed by atoms with Crippen molar-refractivity contribution in [1.82, 2.24) is 19.6 Å². The Morgan fingerprint density at radius 3 is 2.67 bits per heavy atom.